The Balaban J connectivity index is 1.64. The molecule has 0 fully saturated rings. The van der Waals surface area contributed by atoms with Gasteiger partial charge in [-0.2, -0.15) is 5.10 Å². The van der Waals surface area contributed by atoms with E-state index in [-0.39, 0.29) is 11.7 Å². The summed E-state index contributed by atoms with van der Waals surface area (Å²) < 4.78 is 18.4. The van der Waals surface area contributed by atoms with Gasteiger partial charge in [-0.3, -0.25) is 4.79 Å². The molecule has 2 aromatic carbocycles. The normalized spacial score (nSPS) is 10.2. The summed E-state index contributed by atoms with van der Waals surface area (Å²) in [6.45, 7) is 1.84. The van der Waals surface area contributed by atoms with E-state index < -0.39 is 0 Å². The van der Waals surface area contributed by atoms with Crippen LogP contribution in [0.25, 0.3) is 0 Å². The lowest BCUT2D eigenvalue weighted by Gasteiger charge is -2.07. The van der Waals surface area contributed by atoms with Crippen LogP contribution in [0.5, 0.6) is 11.6 Å². The molecule has 0 atom stereocenters. The van der Waals surface area contributed by atoms with Crippen LogP contribution in [0.4, 0.5) is 10.1 Å². The molecule has 3 aromatic rings. The molecule has 0 aliphatic rings. The SMILES string of the molecule is Cc1ccc(Oc2ccc(NC(=O)c3ccc(F)cc3)cc2)nn1. The summed E-state index contributed by atoms with van der Waals surface area (Å²) in [6.07, 6.45) is 0. The van der Waals surface area contributed by atoms with Crippen molar-refractivity contribution < 1.29 is 13.9 Å². The molecule has 0 aliphatic heterocycles. The average Bonchev–Trinajstić information content (AvgIpc) is 2.59. The number of nitrogens with zero attached hydrogens (tertiary/aromatic N) is 2. The Morgan fingerprint density at radius 1 is 0.958 bits per heavy atom. The number of rotatable bonds is 4. The molecule has 3 rings (SSSR count). The predicted molar refractivity (Wildman–Crippen MR) is 87.6 cm³/mol. The van der Waals surface area contributed by atoms with Gasteiger partial charge in [0.05, 0.1) is 5.69 Å². The van der Waals surface area contributed by atoms with Gasteiger partial charge in [-0.25, -0.2) is 4.39 Å². The second kappa shape index (κ2) is 6.87. The second-order valence-electron chi connectivity index (χ2n) is 5.10. The first-order valence-electron chi connectivity index (χ1n) is 7.25. The fourth-order valence-electron chi connectivity index (χ4n) is 1.97. The van der Waals surface area contributed by atoms with E-state index in [1.165, 1.54) is 24.3 Å². The predicted octanol–water partition coefficient (Wildman–Crippen LogP) is 3.97. The Morgan fingerprint density at radius 3 is 2.29 bits per heavy atom. The Bertz CT molecular complexity index is 832. The number of hydrogen-bond donors (Lipinski definition) is 1. The number of amides is 1. The molecule has 24 heavy (non-hydrogen) atoms. The third kappa shape index (κ3) is 3.92. The molecule has 0 bridgehead atoms. The number of ether oxygens (including phenoxy) is 1. The van der Waals surface area contributed by atoms with E-state index >= 15 is 0 Å². The topological polar surface area (TPSA) is 64.1 Å². The third-order valence-electron chi connectivity index (χ3n) is 3.21. The lowest BCUT2D eigenvalue weighted by molar-refractivity contribution is 0.102. The van der Waals surface area contributed by atoms with Crippen molar-refractivity contribution in [1.29, 1.82) is 0 Å². The first-order valence-corrected chi connectivity index (χ1v) is 7.25. The van der Waals surface area contributed by atoms with Gasteiger partial charge >= 0.3 is 0 Å². The Labute approximate surface area is 138 Å². The molecule has 0 saturated heterocycles. The number of hydrogen-bond acceptors (Lipinski definition) is 4. The quantitative estimate of drug-likeness (QED) is 0.789. The monoisotopic (exact) mass is 323 g/mol. The van der Waals surface area contributed by atoms with E-state index in [0.29, 0.717) is 22.9 Å². The summed E-state index contributed by atoms with van der Waals surface area (Å²) in [5.41, 5.74) is 1.79. The highest BCUT2D eigenvalue weighted by atomic mass is 19.1. The maximum atomic E-state index is 12.9. The molecule has 0 unspecified atom stereocenters. The number of anilines is 1. The van der Waals surface area contributed by atoms with E-state index in [1.807, 2.05) is 6.92 Å². The zero-order valence-corrected chi connectivity index (χ0v) is 12.9. The highest BCUT2D eigenvalue weighted by molar-refractivity contribution is 6.04. The summed E-state index contributed by atoms with van der Waals surface area (Å²) in [5.74, 6) is 0.275. The van der Waals surface area contributed by atoms with Crippen LogP contribution in [-0.4, -0.2) is 16.1 Å². The first kappa shape index (κ1) is 15.6. The molecule has 1 amide bonds. The number of nitrogens with one attached hydrogen (secondary N) is 1. The van der Waals surface area contributed by atoms with Crippen LogP contribution in [0.1, 0.15) is 16.1 Å². The molecular weight excluding hydrogens is 309 g/mol. The van der Waals surface area contributed by atoms with Crippen molar-refractivity contribution in [3.63, 3.8) is 0 Å². The van der Waals surface area contributed by atoms with Crippen molar-refractivity contribution in [2.24, 2.45) is 0 Å². The van der Waals surface area contributed by atoms with Crippen LogP contribution in [0.3, 0.4) is 0 Å². The van der Waals surface area contributed by atoms with Crippen molar-refractivity contribution in [2.75, 3.05) is 5.32 Å². The summed E-state index contributed by atoms with van der Waals surface area (Å²) in [7, 11) is 0. The summed E-state index contributed by atoms with van der Waals surface area (Å²) in [5, 5.41) is 10.6. The minimum absolute atomic E-state index is 0.312. The van der Waals surface area contributed by atoms with Crippen LogP contribution in [0.15, 0.2) is 60.7 Å². The zero-order valence-electron chi connectivity index (χ0n) is 12.9. The van der Waals surface area contributed by atoms with Gasteiger partial charge in [0.25, 0.3) is 5.91 Å². The molecule has 1 N–H and O–H groups in total. The van der Waals surface area contributed by atoms with Gasteiger partial charge in [0.15, 0.2) is 0 Å². The Morgan fingerprint density at radius 2 is 1.67 bits per heavy atom. The van der Waals surface area contributed by atoms with E-state index in [4.69, 9.17) is 4.74 Å². The summed E-state index contributed by atoms with van der Waals surface area (Å²) in [6, 6.07) is 15.7. The third-order valence-corrected chi connectivity index (χ3v) is 3.21. The molecule has 1 aromatic heterocycles. The van der Waals surface area contributed by atoms with Gasteiger partial charge in [0.1, 0.15) is 11.6 Å². The molecule has 0 saturated carbocycles. The van der Waals surface area contributed by atoms with Gasteiger partial charge in [-0.15, -0.1) is 5.10 Å². The minimum atomic E-state index is -0.382. The van der Waals surface area contributed by atoms with Gasteiger partial charge in [-0.05, 0) is 61.5 Å². The minimum Gasteiger partial charge on any atom is -0.438 e. The van der Waals surface area contributed by atoms with Crippen LogP contribution < -0.4 is 10.1 Å². The summed E-state index contributed by atoms with van der Waals surface area (Å²) in [4.78, 5) is 12.1. The van der Waals surface area contributed by atoms with E-state index in [1.54, 1.807) is 36.4 Å². The van der Waals surface area contributed by atoms with Gasteiger partial charge in [0, 0.05) is 17.3 Å². The van der Waals surface area contributed by atoms with Crippen LogP contribution in [-0.2, 0) is 0 Å². The maximum absolute atomic E-state index is 12.9. The zero-order chi connectivity index (χ0) is 16.9. The van der Waals surface area contributed by atoms with Crippen molar-refractivity contribution in [3.05, 3.63) is 77.7 Å². The average molecular weight is 323 g/mol. The van der Waals surface area contributed by atoms with Crippen LogP contribution in [0, 0.1) is 12.7 Å². The van der Waals surface area contributed by atoms with Gasteiger partial charge < -0.3 is 10.1 Å². The molecule has 120 valence electrons. The number of benzene rings is 2. The molecule has 0 spiro atoms. The van der Waals surface area contributed by atoms with E-state index in [2.05, 4.69) is 15.5 Å². The Hall–Kier alpha value is -3.28. The van der Waals surface area contributed by atoms with Crippen LogP contribution in [0.2, 0.25) is 0 Å². The standard InChI is InChI=1S/C18H14FN3O2/c1-12-2-11-17(22-21-12)24-16-9-7-15(8-10-16)20-18(23)13-3-5-14(19)6-4-13/h2-11H,1H3,(H,20,23). The molecule has 1 heterocycles. The number of carbonyl (C=O) groups excluding carboxylic acids is 1. The smallest absolute Gasteiger partial charge is 0.255 e. The fourth-order valence-corrected chi connectivity index (χ4v) is 1.97. The van der Waals surface area contributed by atoms with E-state index in [9.17, 15) is 9.18 Å². The second-order valence-corrected chi connectivity index (χ2v) is 5.10. The van der Waals surface area contributed by atoms with Gasteiger partial charge in [-0.1, -0.05) is 0 Å². The molecule has 5 nitrogen and oxygen atoms in total. The van der Waals surface area contributed by atoms with Crippen molar-refractivity contribution >= 4 is 11.6 Å². The molecule has 0 aliphatic carbocycles. The van der Waals surface area contributed by atoms with Crippen molar-refractivity contribution in [3.8, 4) is 11.6 Å². The number of aromatic nitrogens is 2. The molecule has 0 radical (unpaired) electrons. The maximum Gasteiger partial charge on any atom is 0.255 e. The lowest BCUT2D eigenvalue weighted by Crippen LogP contribution is -2.11. The largest absolute Gasteiger partial charge is 0.438 e. The molecular formula is C18H14FN3O2. The van der Waals surface area contributed by atoms with Crippen molar-refractivity contribution in [2.45, 2.75) is 6.92 Å². The van der Waals surface area contributed by atoms with E-state index in [0.717, 1.165) is 5.69 Å². The number of carbonyl (C=O) groups is 1. The first-order chi connectivity index (χ1) is 11.6. The fraction of sp³-hybridized carbons (Fsp3) is 0.0556. The highest BCUT2D eigenvalue weighted by Crippen LogP contribution is 2.21. The number of halogens is 1. The van der Waals surface area contributed by atoms with Gasteiger partial charge in [0.2, 0.25) is 5.88 Å². The summed E-state index contributed by atoms with van der Waals surface area (Å²) >= 11 is 0. The van der Waals surface area contributed by atoms with Crippen LogP contribution >= 0.6 is 0 Å². The van der Waals surface area contributed by atoms with Crippen molar-refractivity contribution in [1.82, 2.24) is 10.2 Å². The highest BCUT2D eigenvalue weighted by Gasteiger charge is 2.06. The number of aryl methyl sites for hydroxylation is 1. The lowest BCUT2D eigenvalue weighted by atomic mass is 10.2. The Kier molecular flexibility index (Phi) is 4.47. The molecule has 6 heteroatoms.